The third-order valence-corrected chi connectivity index (χ3v) is 2.40. The molecule has 0 aliphatic heterocycles. The highest BCUT2D eigenvalue weighted by Crippen LogP contribution is 2.20. The van der Waals surface area contributed by atoms with Crippen LogP contribution in [0.1, 0.15) is 28.7 Å². The maximum atomic E-state index is 11.3. The molecule has 4 nitrogen and oxygen atoms in total. The number of aromatic nitrogens is 1. The maximum absolute atomic E-state index is 11.3. The SMILES string of the molecule is CCCOC(=O)c1sc(N)nc1C. The zero-order valence-corrected chi connectivity index (χ0v) is 8.48. The van der Waals surface area contributed by atoms with E-state index in [4.69, 9.17) is 10.5 Å². The molecule has 0 aliphatic rings. The van der Waals surface area contributed by atoms with Crippen LogP contribution in [0.4, 0.5) is 5.13 Å². The molecule has 1 rings (SSSR count). The van der Waals surface area contributed by atoms with Crippen molar-refractivity contribution >= 4 is 22.4 Å². The van der Waals surface area contributed by atoms with Gasteiger partial charge in [0, 0.05) is 0 Å². The van der Waals surface area contributed by atoms with Gasteiger partial charge in [-0.25, -0.2) is 9.78 Å². The molecule has 0 bridgehead atoms. The topological polar surface area (TPSA) is 65.2 Å². The predicted octanol–water partition coefficient (Wildman–Crippen LogP) is 1.60. The summed E-state index contributed by atoms with van der Waals surface area (Å²) in [7, 11) is 0. The van der Waals surface area contributed by atoms with Crippen molar-refractivity contribution in [3.63, 3.8) is 0 Å². The minimum Gasteiger partial charge on any atom is -0.461 e. The number of rotatable bonds is 3. The van der Waals surface area contributed by atoms with Crippen molar-refractivity contribution in [2.75, 3.05) is 12.3 Å². The Balaban J connectivity index is 2.70. The minimum atomic E-state index is -0.325. The van der Waals surface area contributed by atoms with E-state index in [0.717, 1.165) is 6.42 Å². The standard InChI is InChI=1S/C8H12N2O2S/c1-3-4-12-7(11)6-5(2)10-8(9)13-6/h3-4H2,1-2H3,(H2,9,10). The highest BCUT2D eigenvalue weighted by molar-refractivity contribution is 7.17. The second kappa shape index (κ2) is 4.23. The largest absolute Gasteiger partial charge is 0.461 e. The monoisotopic (exact) mass is 200 g/mol. The Labute approximate surface area is 80.7 Å². The van der Waals surface area contributed by atoms with Gasteiger partial charge in [0.15, 0.2) is 5.13 Å². The molecule has 0 saturated carbocycles. The van der Waals surface area contributed by atoms with Crippen molar-refractivity contribution in [1.29, 1.82) is 0 Å². The molecule has 0 radical (unpaired) electrons. The number of esters is 1. The Morgan fingerprint density at radius 2 is 2.38 bits per heavy atom. The van der Waals surface area contributed by atoms with E-state index in [-0.39, 0.29) is 5.97 Å². The highest BCUT2D eigenvalue weighted by atomic mass is 32.1. The van der Waals surface area contributed by atoms with E-state index >= 15 is 0 Å². The van der Waals surface area contributed by atoms with Crippen molar-refractivity contribution in [2.24, 2.45) is 0 Å². The molecule has 5 heteroatoms. The van der Waals surface area contributed by atoms with E-state index < -0.39 is 0 Å². The lowest BCUT2D eigenvalue weighted by molar-refractivity contribution is 0.0510. The molecule has 1 aromatic heterocycles. The highest BCUT2D eigenvalue weighted by Gasteiger charge is 2.14. The molecule has 0 aromatic carbocycles. The van der Waals surface area contributed by atoms with E-state index in [1.54, 1.807) is 6.92 Å². The summed E-state index contributed by atoms with van der Waals surface area (Å²) in [4.78, 5) is 15.8. The molecule has 0 aliphatic carbocycles. The summed E-state index contributed by atoms with van der Waals surface area (Å²) in [5, 5.41) is 0.404. The fourth-order valence-corrected chi connectivity index (χ4v) is 1.59. The summed E-state index contributed by atoms with van der Waals surface area (Å²) in [5.74, 6) is -0.325. The van der Waals surface area contributed by atoms with Crippen LogP contribution in [-0.4, -0.2) is 17.6 Å². The zero-order chi connectivity index (χ0) is 9.84. The summed E-state index contributed by atoms with van der Waals surface area (Å²) < 4.78 is 4.95. The number of anilines is 1. The van der Waals surface area contributed by atoms with Gasteiger partial charge in [0.1, 0.15) is 4.88 Å². The van der Waals surface area contributed by atoms with Gasteiger partial charge in [-0.2, -0.15) is 0 Å². The van der Waals surface area contributed by atoms with Gasteiger partial charge in [0.2, 0.25) is 0 Å². The van der Waals surface area contributed by atoms with Crippen LogP contribution in [0.25, 0.3) is 0 Å². The van der Waals surface area contributed by atoms with Gasteiger partial charge in [0.25, 0.3) is 0 Å². The molecular weight excluding hydrogens is 188 g/mol. The summed E-state index contributed by atoms with van der Waals surface area (Å²) in [5.41, 5.74) is 6.09. The van der Waals surface area contributed by atoms with Crippen molar-refractivity contribution in [3.8, 4) is 0 Å². The predicted molar refractivity (Wildman–Crippen MR) is 51.8 cm³/mol. The molecule has 1 aromatic rings. The molecule has 0 amide bonds. The number of nitrogens with two attached hydrogens (primary N) is 1. The van der Waals surface area contributed by atoms with Gasteiger partial charge in [-0.1, -0.05) is 18.3 Å². The molecule has 2 N–H and O–H groups in total. The van der Waals surface area contributed by atoms with Crippen LogP contribution in [0.5, 0.6) is 0 Å². The molecule has 0 atom stereocenters. The smallest absolute Gasteiger partial charge is 0.350 e. The third kappa shape index (κ3) is 2.42. The van der Waals surface area contributed by atoms with E-state index in [1.807, 2.05) is 6.92 Å². The summed E-state index contributed by atoms with van der Waals surface area (Å²) in [6.07, 6.45) is 0.819. The van der Waals surface area contributed by atoms with Crippen LogP contribution in [0, 0.1) is 6.92 Å². The second-order valence-corrected chi connectivity index (χ2v) is 3.63. The lowest BCUT2D eigenvalue weighted by Gasteiger charge is -1.99. The average Bonchev–Trinajstić information content (AvgIpc) is 2.41. The van der Waals surface area contributed by atoms with Gasteiger partial charge < -0.3 is 10.5 Å². The number of ether oxygens (including phenoxy) is 1. The molecule has 1 heterocycles. The van der Waals surface area contributed by atoms with E-state index in [9.17, 15) is 4.79 Å². The first-order chi connectivity index (χ1) is 6.15. The third-order valence-electron chi connectivity index (χ3n) is 1.44. The number of hydrogen-bond acceptors (Lipinski definition) is 5. The van der Waals surface area contributed by atoms with Crippen molar-refractivity contribution in [1.82, 2.24) is 4.98 Å². The van der Waals surface area contributed by atoms with Crippen LogP contribution in [0.15, 0.2) is 0 Å². The molecule has 0 fully saturated rings. The summed E-state index contributed by atoms with van der Waals surface area (Å²) in [6, 6.07) is 0. The Morgan fingerprint density at radius 3 is 2.85 bits per heavy atom. The Bertz CT molecular complexity index is 309. The first-order valence-electron chi connectivity index (χ1n) is 4.05. The number of carbonyl (C=O) groups excluding carboxylic acids is 1. The number of carbonyl (C=O) groups is 1. The lowest BCUT2D eigenvalue weighted by atomic mass is 10.4. The molecule has 72 valence electrons. The van der Waals surface area contributed by atoms with Gasteiger partial charge in [-0.05, 0) is 13.3 Å². The van der Waals surface area contributed by atoms with E-state index in [2.05, 4.69) is 4.98 Å². The van der Waals surface area contributed by atoms with Crippen LogP contribution in [-0.2, 0) is 4.74 Å². The van der Waals surface area contributed by atoms with Gasteiger partial charge in [0.05, 0.1) is 12.3 Å². The van der Waals surface area contributed by atoms with Gasteiger partial charge in [-0.3, -0.25) is 0 Å². The van der Waals surface area contributed by atoms with Crippen LogP contribution < -0.4 is 5.73 Å². The van der Waals surface area contributed by atoms with Gasteiger partial charge >= 0.3 is 5.97 Å². The van der Waals surface area contributed by atoms with E-state index in [0.29, 0.717) is 22.3 Å². The number of nitrogens with zero attached hydrogens (tertiary/aromatic N) is 1. The molecule has 0 saturated heterocycles. The Morgan fingerprint density at radius 1 is 1.69 bits per heavy atom. The van der Waals surface area contributed by atoms with Crippen molar-refractivity contribution in [2.45, 2.75) is 20.3 Å². The normalized spacial score (nSPS) is 10.0. The number of nitrogen functional groups attached to an aromatic ring is 1. The van der Waals surface area contributed by atoms with Crippen molar-refractivity contribution in [3.05, 3.63) is 10.6 Å². The molecule has 0 unspecified atom stereocenters. The fourth-order valence-electron chi connectivity index (χ4n) is 0.867. The second-order valence-electron chi connectivity index (χ2n) is 2.60. The van der Waals surface area contributed by atoms with E-state index in [1.165, 1.54) is 11.3 Å². The summed E-state index contributed by atoms with van der Waals surface area (Å²) in [6.45, 7) is 4.13. The number of aryl methyl sites for hydroxylation is 1. The summed E-state index contributed by atoms with van der Waals surface area (Å²) >= 11 is 1.17. The quantitative estimate of drug-likeness (QED) is 0.753. The Hall–Kier alpha value is -1.10. The Kier molecular flexibility index (Phi) is 3.25. The van der Waals surface area contributed by atoms with Crippen LogP contribution in [0.2, 0.25) is 0 Å². The number of hydrogen-bond donors (Lipinski definition) is 1. The minimum absolute atomic E-state index is 0.325. The first kappa shape index (κ1) is 9.98. The maximum Gasteiger partial charge on any atom is 0.350 e. The fraction of sp³-hybridized carbons (Fsp3) is 0.500. The van der Waals surface area contributed by atoms with Crippen LogP contribution in [0.3, 0.4) is 0 Å². The molecule has 13 heavy (non-hydrogen) atoms. The lowest BCUT2D eigenvalue weighted by Crippen LogP contribution is -2.05. The zero-order valence-electron chi connectivity index (χ0n) is 7.66. The molecular formula is C8H12N2O2S. The first-order valence-corrected chi connectivity index (χ1v) is 4.86. The van der Waals surface area contributed by atoms with Gasteiger partial charge in [-0.15, -0.1) is 0 Å². The van der Waals surface area contributed by atoms with Crippen molar-refractivity contribution < 1.29 is 9.53 Å². The van der Waals surface area contributed by atoms with Crippen LogP contribution >= 0.6 is 11.3 Å². The molecule has 0 spiro atoms. The number of thiazole rings is 1. The average molecular weight is 200 g/mol.